The predicted molar refractivity (Wildman–Crippen MR) is 93.6 cm³/mol. The number of hydrogen-bond donors (Lipinski definition) is 0. The Labute approximate surface area is 148 Å². The van der Waals surface area contributed by atoms with E-state index in [-0.39, 0.29) is 58.1 Å². The second kappa shape index (κ2) is 4.42. The lowest BCUT2D eigenvalue weighted by Crippen LogP contribution is -2.57. The van der Waals surface area contributed by atoms with Gasteiger partial charge in [-0.15, -0.1) is 0 Å². The zero-order valence-electron chi connectivity index (χ0n) is 21.4. The number of fused-ring (bicyclic) bond motifs is 4. The molecule has 3 aromatic rings. The number of ether oxygens (including phenoxy) is 2. The summed E-state index contributed by atoms with van der Waals surface area (Å²) < 4.78 is 86.7. The van der Waals surface area contributed by atoms with E-state index in [1.54, 1.807) is 13.8 Å². The molecule has 5 rings (SSSR count). The monoisotopic (exact) mass is 307 g/mol. The lowest BCUT2D eigenvalue weighted by Gasteiger charge is -2.34. The molecular formula is C20H15BO2. The Morgan fingerprint density at radius 1 is 0.826 bits per heavy atom. The van der Waals surface area contributed by atoms with Crippen molar-refractivity contribution >= 4 is 23.1 Å². The molecule has 0 saturated heterocycles. The summed E-state index contributed by atoms with van der Waals surface area (Å²) in [6.07, 6.45) is 0. The summed E-state index contributed by atoms with van der Waals surface area (Å²) >= 11 is 0. The van der Waals surface area contributed by atoms with Gasteiger partial charge in [0.2, 0.25) is 0 Å². The summed E-state index contributed by atoms with van der Waals surface area (Å²) in [5, 5.41) is 0. The number of benzene rings is 3. The molecule has 0 amide bonds. The van der Waals surface area contributed by atoms with E-state index in [9.17, 15) is 0 Å². The van der Waals surface area contributed by atoms with Gasteiger partial charge in [0.25, 0.3) is 6.71 Å². The lowest BCUT2D eigenvalue weighted by molar-refractivity contribution is 0.461. The van der Waals surface area contributed by atoms with Gasteiger partial charge < -0.3 is 9.47 Å². The Morgan fingerprint density at radius 2 is 1.43 bits per heavy atom. The minimum absolute atomic E-state index is 0.0252. The van der Waals surface area contributed by atoms with E-state index < -0.39 is 36.9 Å². The topological polar surface area (TPSA) is 18.5 Å². The highest BCUT2D eigenvalue weighted by Gasteiger charge is 2.40. The van der Waals surface area contributed by atoms with Crippen LogP contribution in [0.25, 0.3) is 0 Å². The molecule has 0 unspecified atom stereocenters. The van der Waals surface area contributed by atoms with Crippen LogP contribution in [0.3, 0.4) is 0 Å². The molecule has 0 fully saturated rings. The van der Waals surface area contributed by atoms with E-state index in [2.05, 4.69) is 0 Å². The zero-order valence-corrected chi connectivity index (χ0v) is 12.4. The third-order valence-electron chi connectivity index (χ3n) is 4.33. The minimum Gasteiger partial charge on any atom is -0.458 e. The summed E-state index contributed by atoms with van der Waals surface area (Å²) in [5.74, 6) is 0.0780. The van der Waals surface area contributed by atoms with Crippen molar-refractivity contribution in [2.75, 3.05) is 0 Å². The van der Waals surface area contributed by atoms with Crippen LogP contribution >= 0.6 is 0 Å². The summed E-state index contributed by atoms with van der Waals surface area (Å²) in [6, 6.07) is -3.43. The quantitative estimate of drug-likeness (QED) is 0.409. The Kier molecular flexibility index (Phi) is 1.31. The van der Waals surface area contributed by atoms with Gasteiger partial charge in [-0.2, -0.15) is 0 Å². The van der Waals surface area contributed by atoms with Crippen molar-refractivity contribution in [2.24, 2.45) is 0 Å². The average Bonchev–Trinajstić information content (AvgIpc) is 2.79. The van der Waals surface area contributed by atoms with E-state index in [1.807, 2.05) is 0 Å². The highest BCUT2D eigenvalue weighted by molar-refractivity contribution is 6.98. The molecule has 0 N–H and O–H groups in total. The van der Waals surface area contributed by atoms with Crippen LogP contribution < -0.4 is 25.9 Å². The molecule has 110 valence electrons. The van der Waals surface area contributed by atoms with Gasteiger partial charge >= 0.3 is 0 Å². The zero-order chi connectivity index (χ0) is 23.4. The van der Waals surface area contributed by atoms with E-state index in [1.165, 1.54) is 0 Å². The van der Waals surface area contributed by atoms with Crippen molar-refractivity contribution in [1.82, 2.24) is 0 Å². The highest BCUT2D eigenvalue weighted by Crippen LogP contribution is 2.37. The maximum atomic E-state index is 8.59. The molecule has 0 aromatic heterocycles. The molecule has 0 aliphatic carbocycles. The Hall–Kier alpha value is -2.68. The van der Waals surface area contributed by atoms with Gasteiger partial charge in [0, 0.05) is 5.46 Å². The molecular weight excluding hydrogens is 283 g/mol. The molecule has 3 aromatic carbocycles. The molecule has 0 atom stereocenters. The first-order chi connectivity index (χ1) is 15.0. The highest BCUT2D eigenvalue weighted by atomic mass is 16.5. The van der Waals surface area contributed by atoms with Crippen molar-refractivity contribution in [1.29, 1.82) is 0 Å². The second-order valence-electron chi connectivity index (χ2n) is 5.57. The second-order valence-corrected chi connectivity index (χ2v) is 5.57. The first-order valence-corrected chi connectivity index (χ1v) is 7.18. The molecule has 0 spiro atoms. The van der Waals surface area contributed by atoms with Crippen LogP contribution in [0.2, 0.25) is 0 Å². The molecule has 0 bridgehead atoms. The van der Waals surface area contributed by atoms with Gasteiger partial charge in [0.05, 0.1) is 12.3 Å². The van der Waals surface area contributed by atoms with Gasteiger partial charge in [-0.05, 0) is 54.0 Å². The molecule has 2 heterocycles. The number of rotatable bonds is 0. The Bertz CT molecular complexity index is 1260. The minimum atomic E-state index is -1.02. The van der Waals surface area contributed by atoms with Gasteiger partial charge in [-0.3, -0.25) is 0 Å². The predicted octanol–water partition coefficient (Wildman–Crippen LogP) is 3.03. The van der Waals surface area contributed by atoms with Gasteiger partial charge in [-0.1, -0.05) is 36.3 Å². The van der Waals surface area contributed by atoms with Crippen molar-refractivity contribution in [2.45, 2.75) is 13.8 Å². The van der Waals surface area contributed by atoms with Crippen LogP contribution in [0.15, 0.2) is 54.4 Å². The number of hydrogen-bond acceptors (Lipinski definition) is 2. The van der Waals surface area contributed by atoms with Gasteiger partial charge in [0.1, 0.15) is 23.0 Å². The van der Waals surface area contributed by atoms with E-state index in [4.69, 9.17) is 21.8 Å². The van der Waals surface area contributed by atoms with Gasteiger partial charge in [0.15, 0.2) is 0 Å². The average molecular weight is 307 g/mol. The molecule has 0 saturated carbocycles. The third-order valence-corrected chi connectivity index (χ3v) is 4.33. The smallest absolute Gasteiger partial charge is 0.260 e. The van der Waals surface area contributed by atoms with Crippen molar-refractivity contribution < 1.29 is 21.8 Å². The van der Waals surface area contributed by atoms with E-state index >= 15 is 0 Å². The standard InChI is InChI=1S/C20H15BO2/c1-12-11-18-19-20(13(12)2)23-17-10-6-4-8-15(17)21(19)14-7-3-5-9-16(14)22-18/h3-11H,1-2H3/i3D,4D,5D,6D,7D,8D,9D,10D,11D. The number of para-hydroxylation sites is 2. The SMILES string of the molecule is [2H]c1c([2H])c([2H])c2c(c1[2H])Oc1c([2H])c(C)c(C)c3c1B2c1c([2H])c([2H])c([2H])c([2H])c1O3. The molecule has 23 heavy (non-hydrogen) atoms. The van der Waals surface area contributed by atoms with Crippen LogP contribution in [-0.4, -0.2) is 6.71 Å². The fraction of sp³-hybridized carbons (Fsp3) is 0.100. The summed E-state index contributed by atoms with van der Waals surface area (Å²) in [5.41, 5.74) is 1.56. The van der Waals surface area contributed by atoms with Crippen LogP contribution in [-0.2, 0) is 0 Å². The normalized spacial score (nSPS) is 18.9. The van der Waals surface area contributed by atoms with E-state index in [0.29, 0.717) is 16.6 Å². The Balaban J connectivity index is 2.03. The third kappa shape index (κ3) is 1.65. The largest absolute Gasteiger partial charge is 0.458 e. The Morgan fingerprint density at radius 3 is 2.13 bits per heavy atom. The van der Waals surface area contributed by atoms with Crippen molar-refractivity contribution in [3.63, 3.8) is 0 Å². The van der Waals surface area contributed by atoms with Crippen molar-refractivity contribution in [3.05, 3.63) is 65.5 Å². The summed E-state index contributed by atoms with van der Waals surface area (Å²) in [6.45, 7) is 2.41. The maximum Gasteiger partial charge on any atom is 0.260 e. The maximum absolute atomic E-state index is 8.59. The van der Waals surface area contributed by atoms with Crippen LogP contribution in [0.5, 0.6) is 23.0 Å². The van der Waals surface area contributed by atoms with E-state index in [0.717, 1.165) is 0 Å². The van der Waals surface area contributed by atoms with Crippen LogP contribution in [0, 0.1) is 13.8 Å². The lowest BCUT2D eigenvalue weighted by atomic mass is 9.34. The summed E-state index contributed by atoms with van der Waals surface area (Å²) in [7, 11) is 0. The molecule has 2 aliphatic heterocycles. The van der Waals surface area contributed by atoms with Gasteiger partial charge in [-0.25, -0.2) is 0 Å². The first kappa shape index (κ1) is 6.83. The molecule has 2 aliphatic rings. The molecule has 2 nitrogen and oxygen atoms in total. The van der Waals surface area contributed by atoms with Crippen LogP contribution in [0.4, 0.5) is 0 Å². The first-order valence-electron chi connectivity index (χ1n) is 11.7. The van der Waals surface area contributed by atoms with Crippen LogP contribution in [0.1, 0.15) is 23.5 Å². The fourth-order valence-electron chi connectivity index (χ4n) is 3.11. The van der Waals surface area contributed by atoms with Crippen molar-refractivity contribution in [3.8, 4) is 23.0 Å². The summed E-state index contributed by atoms with van der Waals surface area (Å²) in [4.78, 5) is 0. The molecule has 0 radical (unpaired) electrons. The fourth-order valence-corrected chi connectivity index (χ4v) is 3.11. The molecule has 3 heteroatoms.